The largest absolute Gasteiger partial charge is 0.503 e. The molecule has 0 unspecified atom stereocenters. The van der Waals surface area contributed by atoms with E-state index in [-0.39, 0.29) is 13.1 Å². The molecule has 0 heterocycles. The summed E-state index contributed by atoms with van der Waals surface area (Å²) in [6.07, 6.45) is 0.268. The summed E-state index contributed by atoms with van der Waals surface area (Å²) >= 11 is 0. The van der Waals surface area contributed by atoms with Gasteiger partial charge in [-0.25, -0.2) is 4.79 Å². The van der Waals surface area contributed by atoms with Gasteiger partial charge >= 0.3 is 18.1 Å². The van der Waals surface area contributed by atoms with Crippen molar-refractivity contribution in [1.29, 1.82) is 0 Å². The second-order valence-electron chi connectivity index (χ2n) is 2.00. The molecule has 6 N–H and O–H groups in total. The number of carboxylic acid groups (broad SMARTS) is 2. The quantitative estimate of drug-likeness (QED) is 0.386. The third kappa shape index (κ3) is 37.4. The maximum absolute atomic E-state index is 9.99. The molecule has 0 aliphatic heterocycles. The van der Waals surface area contributed by atoms with Crippen LogP contribution in [0.5, 0.6) is 0 Å². The highest BCUT2D eigenvalue weighted by Gasteiger charge is 1.90. The molecule has 0 rings (SSSR count). The number of ether oxygens (including phenoxy) is 2. The van der Waals surface area contributed by atoms with Gasteiger partial charge in [-0.1, -0.05) is 13.2 Å². The summed E-state index contributed by atoms with van der Waals surface area (Å²) in [4.78, 5) is 28.5. The van der Waals surface area contributed by atoms with E-state index in [9.17, 15) is 9.59 Å². The first-order valence-corrected chi connectivity index (χ1v) is 4.28. The first-order chi connectivity index (χ1) is 8.35. The van der Waals surface area contributed by atoms with Gasteiger partial charge < -0.3 is 31.2 Å². The van der Waals surface area contributed by atoms with Gasteiger partial charge in [0, 0.05) is 0 Å². The van der Waals surface area contributed by atoms with E-state index in [0.717, 1.165) is 12.5 Å². The monoisotopic (exact) mass is 264 g/mol. The van der Waals surface area contributed by atoms with Crippen LogP contribution in [0.1, 0.15) is 0 Å². The molecule has 0 spiro atoms. The first-order valence-electron chi connectivity index (χ1n) is 4.28. The molecule has 0 aromatic carbocycles. The van der Waals surface area contributed by atoms with Crippen LogP contribution in [-0.2, 0) is 19.1 Å². The molecular formula is C9H16N2O7. The first kappa shape index (κ1) is 21.0. The van der Waals surface area contributed by atoms with Crippen LogP contribution in [0.25, 0.3) is 0 Å². The number of carbonyl (C=O) groups excluding carboxylic acids is 2. The van der Waals surface area contributed by atoms with E-state index in [0.29, 0.717) is 0 Å². The zero-order valence-corrected chi connectivity index (χ0v) is 9.57. The minimum atomic E-state index is -1.83. The lowest BCUT2D eigenvalue weighted by Crippen LogP contribution is -2.13. The predicted octanol–water partition coefficient (Wildman–Crippen LogP) is -0.514. The standard InChI is InChI=1S/2C4H7NO2.CH2O3/c2*1-2-7-4(6)3-5;2-1(3)4/h2*2H,1,3,5H2;(H2,2,3,4). The molecule has 0 amide bonds. The molecular weight excluding hydrogens is 248 g/mol. The summed E-state index contributed by atoms with van der Waals surface area (Å²) in [6, 6.07) is 0. The van der Waals surface area contributed by atoms with Crippen molar-refractivity contribution in [3.8, 4) is 0 Å². The molecule has 0 aliphatic carbocycles. The highest BCUT2D eigenvalue weighted by atomic mass is 16.6. The van der Waals surface area contributed by atoms with Crippen molar-refractivity contribution >= 4 is 18.1 Å². The molecule has 9 heteroatoms. The summed E-state index contributed by atoms with van der Waals surface area (Å²) in [7, 11) is 0. The van der Waals surface area contributed by atoms with E-state index < -0.39 is 18.1 Å². The molecule has 18 heavy (non-hydrogen) atoms. The third-order valence-electron chi connectivity index (χ3n) is 0.763. The Labute approximate surface area is 103 Å². The molecule has 0 radical (unpaired) electrons. The van der Waals surface area contributed by atoms with Crippen molar-refractivity contribution in [2.75, 3.05) is 13.1 Å². The normalized spacial score (nSPS) is 7.22. The number of esters is 2. The van der Waals surface area contributed by atoms with Gasteiger partial charge in [-0.15, -0.1) is 0 Å². The average molecular weight is 264 g/mol. The fourth-order valence-electron chi connectivity index (χ4n) is 0.282. The highest BCUT2D eigenvalue weighted by Crippen LogP contribution is 1.71. The minimum absolute atomic E-state index is 0.0913. The van der Waals surface area contributed by atoms with Gasteiger partial charge in [0.15, 0.2) is 0 Å². The summed E-state index contributed by atoms with van der Waals surface area (Å²) in [6.45, 7) is 6.12. The zero-order chi connectivity index (χ0) is 15.0. The summed E-state index contributed by atoms with van der Waals surface area (Å²) in [5, 5.41) is 13.9. The van der Waals surface area contributed by atoms with Crippen LogP contribution >= 0.6 is 0 Å². The summed E-state index contributed by atoms with van der Waals surface area (Å²) in [5.74, 6) is -0.926. The van der Waals surface area contributed by atoms with Crippen LogP contribution in [0.3, 0.4) is 0 Å². The van der Waals surface area contributed by atoms with Crippen LogP contribution in [0.2, 0.25) is 0 Å². The number of rotatable bonds is 4. The van der Waals surface area contributed by atoms with E-state index in [4.69, 9.17) is 26.5 Å². The number of nitrogens with two attached hydrogens (primary N) is 2. The maximum Gasteiger partial charge on any atom is 0.503 e. The predicted molar refractivity (Wildman–Crippen MR) is 61.3 cm³/mol. The van der Waals surface area contributed by atoms with Crippen molar-refractivity contribution in [2.24, 2.45) is 11.5 Å². The van der Waals surface area contributed by atoms with Gasteiger partial charge in [0.05, 0.1) is 25.6 Å². The van der Waals surface area contributed by atoms with E-state index in [1.807, 2.05) is 0 Å². The van der Waals surface area contributed by atoms with Crippen LogP contribution < -0.4 is 11.5 Å². The molecule has 104 valence electrons. The van der Waals surface area contributed by atoms with Crippen LogP contribution in [0.4, 0.5) is 4.79 Å². The smallest absolute Gasteiger partial charge is 0.450 e. The molecule has 0 fully saturated rings. The van der Waals surface area contributed by atoms with Crippen LogP contribution in [0.15, 0.2) is 25.7 Å². The SMILES string of the molecule is C=COC(=O)CN.C=COC(=O)CN.O=C(O)O. The Kier molecular flexibility index (Phi) is 19.8. The molecule has 0 aliphatic rings. The second-order valence-corrected chi connectivity index (χ2v) is 2.00. The Morgan fingerprint density at radius 2 is 1.17 bits per heavy atom. The topological polar surface area (TPSA) is 162 Å². The maximum atomic E-state index is 9.99. The number of carbonyl (C=O) groups is 3. The number of hydrogen-bond acceptors (Lipinski definition) is 7. The molecule has 0 aromatic rings. The summed E-state index contributed by atoms with van der Waals surface area (Å²) < 4.78 is 8.38. The van der Waals surface area contributed by atoms with Crippen molar-refractivity contribution < 1.29 is 34.1 Å². The fourth-order valence-corrected chi connectivity index (χ4v) is 0.282. The van der Waals surface area contributed by atoms with E-state index in [2.05, 4.69) is 22.6 Å². The Morgan fingerprint density at radius 3 is 1.22 bits per heavy atom. The van der Waals surface area contributed by atoms with Gasteiger partial charge in [-0.05, 0) is 0 Å². The molecule has 0 saturated carbocycles. The second kappa shape index (κ2) is 17.0. The van der Waals surface area contributed by atoms with Crippen LogP contribution in [-0.4, -0.2) is 41.4 Å². The van der Waals surface area contributed by atoms with Gasteiger partial charge in [0.2, 0.25) is 0 Å². The molecule has 0 saturated heterocycles. The number of hydrogen-bond donors (Lipinski definition) is 4. The highest BCUT2D eigenvalue weighted by molar-refractivity contribution is 5.72. The minimum Gasteiger partial charge on any atom is -0.450 e. The van der Waals surface area contributed by atoms with Gasteiger partial charge in [-0.3, -0.25) is 9.59 Å². The molecule has 9 nitrogen and oxygen atoms in total. The van der Waals surface area contributed by atoms with Crippen molar-refractivity contribution in [3.63, 3.8) is 0 Å². The van der Waals surface area contributed by atoms with E-state index in [1.54, 1.807) is 0 Å². The van der Waals surface area contributed by atoms with Crippen molar-refractivity contribution in [1.82, 2.24) is 0 Å². The van der Waals surface area contributed by atoms with Gasteiger partial charge in [0.25, 0.3) is 0 Å². The zero-order valence-electron chi connectivity index (χ0n) is 9.57. The van der Waals surface area contributed by atoms with E-state index in [1.165, 1.54) is 0 Å². The summed E-state index contributed by atoms with van der Waals surface area (Å²) in [5.41, 5.74) is 9.67. The Balaban J connectivity index is -0.000000196. The lowest BCUT2D eigenvalue weighted by atomic mass is 10.7. The third-order valence-corrected chi connectivity index (χ3v) is 0.763. The lowest BCUT2D eigenvalue weighted by Gasteiger charge is -1.89. The molecule has 0 atom stereocenters. The van der Waals surface area contributed by atoms with Crippen molar-refractivity contribution in [2.45, 2.75) is 0 Å². The lowest BCUT2D eigenvalue weighted by molar-refractivity contribution is -0.137. The Morgan fingerprint density at radius 1 is 0.944 bits per heavy atom. The fraction of sp³-hybridized carbons (Fsp3) is 0.222. The molecule has 0 aromatic heterocycles. The Bertz CT molecular complexity index is 252. The van der Waals surface area contributed by atoms with Crippen LogP contribution in [0, 0.1) is 0 Å². The van der Waals surface area contributed by atoms with Gasteiger partial charge in [0.1, 0.15) is 0 Å². The Hall–Kier alpha value is -2.39. The van der Waals surface area contributed by atoms with Crippen molar-refractivity contribution in [3.05, 3.63) is 25.7 Å². The molecule has 0 bridgehead atoms. The average Bonchev–Trinajstić information content (AvgIpc) is 2.29. The van der Waals surface area contributed by atoms with E-state index >= 15 is 0 Å². The van der Waals surface area contributed by atoms with Gasteiger partial charge in [-0.2, -0.15) is 0 Å².